The number of rotatable bonds is 5. The van der Waals surface area contributed by atoms with Crippen LogP contribution in [0, 0.1) is 6.92 Å². The summed E-state index contributed by atoms with van der Waals surface area (Å²) < 4.78 is 0. The summed E-state index contributed by atoms with van der Waals surface area (Å²) in [5.74, 6) is 2.84. The number of aryl methyl sites for hydroxylation is 1. The van der Waals surface area contributed by atoms with Crippen LogP contribution in [0.15, 0.2) is 24.3 Å². The smallest absolute Gasteiger partial charge is 0.136 e. The van der Waals surface area contributed by atoms with Gasteiger partial charge in [-0.2, -0.15) is 0 Å². The minimum absolute atomic E-state index is 0.503. The highest BCUT2D eigenvalue weighted by molar-refractivity contribution is 5.47. The van der Waals surface area contributed by atoms with Crippen molar-refractivity contribution >= 4 is 11.6 Å². The van der Waals surface area contributed by atoms with E-state index in [9.17, 15) is 0 Å². The van der Waals surface area contributed by atoms with Crippen LogP contribution in [0.1, 0.15) is 42.9 Å². The number of pyridine rings is 1. The lowest BCUT2D eigenvalue weighted by molar-refractivity contribution is 0.777. The Hall–Kier alpha value is -2.17. The number of nitrogens with zero attached hydrogens (tertiary/aromatic N) is 4. The maximum Gasteiger partial charge on any atom is 0.136 e. The Balaban J connectivity index is 1.85. The largest absolute Gasteiger partial charge is 0.384 e. The summed E-state index contributed by atoms with van der Waals surface area (Å²) in [5, 5.41) is 0. The van der Waals surface area contributed by atoms with Crippen molar-refractivity contribution in [3.63, 3.8) is 0 Å². The van der Waals surface area contributed by atoms with Crippen LogP contribution in [-0.2, 0) is 6.54 Å². The summed E-state index contributed by atoms with van der Waals surface area (Å²) in [7, 11) is 0. The van der Waals surface area contributed by atoms with E-state index in [1.54, 1.807) is 0 Å². The molecule has 0 spiro atoms. The van der Waals surface area contributed by atoms with E-state index in [1.807, 2.05) is 31.2 Å². The molecular weight excluding hydrogens is 262 g/mol. The molecule has 3 rings (SSSR count). The van der Waals surface area contributed by atoms with E-state index < -0.39 is 0 Å². The highest BCUT2D eigenvalue weighted by Crippen LogP contribution is 2.38. The first-order valence-electron chi connectivity index (χ1n) is 7.47. The first kappa shape index (κ1) is 13.8. The van der Waals surface area contributed by atoms with Crippen molar-refractivity contribution < 1.29 is 0 Å². The van der Waals surface area contributed by atoms with Crippen molar-refractivity contribution in [2.75, 3.05) is 17.2 Å². The van der Waals surface area contributed by atoms with Gasteiger partial charge in [-0.3, -0.25) is 4.98 Å². The van der Waals surface area contributed by atoms with Gasteiger partial charge in [-0.05, 0) is 38.8 Å². The first-order valence-corrected chi connectivity index (χ1v) is 7.47. The zero-order chi connectivity index (χ0) is 14.8. The Morgan fingerprint density at radius 3 is 2.71 bits per heavy atom. The molecule has 110 valence electrons. The quantitative estimate of drug-likeness (QED) is 0.913. The highest BCUT2D eigenvalue weighted by Gasteiger charge is 2.27. The normalized spacial score (nSPS) is 14.2. The molecule has 0 bridgehead atoms. The second kappa shape index (κ2) is 5.68. The Kier molecular flexibility index (Phi) is 3.73. The highest BCUT2D eigenvalue weighted by atomic mass is 15.2. The Bertz CT molecular complexity index is 636. The number of nitrogens with two attached hydrogens (primary N) is 1. The summed E-state index contributed by atoms with van der Waals surface area (Å²) in [6.07, 6.45) is 2.35. The fourth-order valence-electron chi connectivity index (χ4n) is 2.40. The summed E-state index contributed by atoms with van der Waals surface area (Å²) in [6.45, 7) is 5.72. The van der Waals surface area contributed by atoms with Crippen LogP contribution in [0.4, 0.5) is 11.6 Å². The maximum atomic E-state index is 5.94. The molecule has 0 unspecified atom stereocenters. The summed E-state index contributed by atoms with van der Waals surface area (Å²) >= 11 is 0. The van der Waals surface area contributed by atoms with Gasteiger partial charge in [-0.1, -0.05) is 6.07 Å². The van der Waals surface area contributed by atoms with E-state index in [1.165, 1.54) is 12.8 Å². The average molecular weight is 283 g/mol. The average Bonchev–Trinajstić information content (AvgIpc) is 3.28. The summed E-state index contributed by atoms with van der Waals surface area (Å²) in [5.41, 5.74) is 8.02. The van der Waals surface area contributed by atoms with E-state index in [4.69, 9.17) is 10.7 Å². The molecule has 0 saturated heterocycles. The van der Waals surface area contributed by atoms with E-state index in [0.717, 1.165) is 36.1 Å². The van der Waals surface area contributed by atoms with Gasteiger partial charge in [0.05, 0.1) is 12.2 Å². The van der Waals surface area contributed by atoms with Gasteiger partial charge in [0.25, 0.3) is 0 Å². The lowest BCUT2D eigenvalue weighted by Gasteiger charge is -2.22. The van der Waals surface area contributed by atoms with Crippen LogP contribution in [-0.4, -0.2) is 21.5 Å². The third-order valence-corrected chi connectivity index (χ3v) is 3.70. The molecule has 2 N–H and O–H groups in total. The molecule has 1 aliphatic carbocycles. The van der Waals surface area contributed by atoms with Crippen LogP contribution < -0.4 is 10.6 Å². The number of hydrogen-bond donors (Lipinski definition) is 1. The zero-order valence-corrected chi connectivity index (χ0v) is 12.6. The van der Waals surface area contributed by atoms with Crippen LogP contribution in [0.25, 0.3) is 0 Å². The first-order chi connectivity index (χ1) is 10.2. The number of aromatic nitrogens is 3. The molecule has 1 saturated carbocycles. The molecular formula is C16H21N5. The van der Waals surface area contributed by atoms with E-state index in [2.05, 4.69) is 21.8 Å². The predicted octanol–water partition coefficient (Wildman–Crippen LogP) is 2.67. The van der Waals surface area contributed by atoms with Crippen LogP contribution in [0.3, 0.4) is 0 Å². The number of anilines is 2. The van der Waals surface area contributed by atoms with Gasteiger partial charge in [0, 0.05) is 24.2 Å². The maximum absolute atomic E-state index is 5.94. The van der Waals surface area contributed by atoms with E-state index in [-0.39, 0.29) is 0 Å². The van der Waals surface area contributed by atoms with E-state index >= 15 is 0 Å². The molecule has 5 heteroatoms. The van der Waals surface area contributed by atoms with Crippen molar-refractivity contribution in [1.82, 2.24) is 15.0 Å². The molecule has 0 amide bonds. The van der Waals surface area contributed by atoms with Crippen LogP contribution >= 0.6 is 0 Å². The monoisotopic (exact) mass is 283 g/mol. The van der Waals surface area contributed by atoms with Crippen molar-refractivity contribution in [2.24, 2.45) is 0 Å². The Morgan fingerprint density at radius 1 is 1.24 bits per heavy atom. The number of hydrogen-bond acceptors (Lipinski definition) is 5. The molecule has 2 heterocycles. The second-order valence-electron chi connectivity index (χ2n) is 5.57. The van der Waals surface area contributed by atoms with Crippen molar-refractivity contribution in [3.05, 3.63) is 41.5 Å². The molecule has 1 fully saturated rings. The molecule has 2 aromatic heterocycles. The molecule has 21 heavy (non-hydrogen) atoms. The van der Waals surface area contributed by atoms with Crippen molar-refractivity contribution in [1.29, 1.82) is 0 Å². The van der Waals surface area contributed by atoms with E-state index in [0.29, 0.717) is 11.7 Å². The van der Waals surface area contributed by atoms with Gasteiger partial charge in [-0.25, -0.2) is 9.97 Å². The molecule has 0 atom stereocenters. The van der Waals surface area contributed by atoms with Crippen LogP contribution in [0.5, 0.6) is 0 Å². The third kappa shape index (κ3) is 3.29. The molecule has 1 aliphatic rings. The lowest BCUT2D eigenvalue weighted by atomic mass is 10.3. The number of nitrogen functional groups attached to an aromatic ring is 1. The fourth-order valence-corrected chi connectivity index (χ4v) is 2.40. The fraction of sp³-hybridized carbons (Fsp3) is 0.438. The van der Waals surface area contributed by atoms with Gasteiger partial charge in [-0.15, -0.1) is 0 Å². The molecule has 5 nitrogen and oxygen atoms in total. The van der Waals surface area contributed by atoms with Gasteiger partial charge in [0.1, 0.15) is 17.5 Å². The Labute approximate surface area is 125 Å². The third-order valence-electron chi connectivity index (χ3n) is 3.70. The topological polar surface area (TPSA) is 67.9 Å². The van der Waals surface area contributed by atoms with Crippen LogP contribution in [0.2, 0.25) is 0 Å². The molecule has 0 aliphatic heterocycles. The molecule has 0 aromatic carbocycles. The van der Waals surface area contributed by atoms with Gasteiger partial charge in [0.2, 0.25) is 0 Å². The SMILES string of the molecule is CCN(Cc1cccc(C)n1)c1cc(N)nc(C2CC2)n1. The van der Waals surface area contributed by atoms with Gasteiger partial charge < -0.3 is 10.6 Å². The van der Waals surface area contributed by atoms with Gasteiger partial charge >= 0.3 is 0 Å². The predicted molar refractivity (Wildman–Crippen MR) is 84.1 cm³/mol. The molecule has 2 aromatic rings. The van der Waals surface area contributed by atoms with Crippen molar-refractivity contribution in [3.8, 4) is 0 Å². The minimum atomic E-state index is 0.503. The minimum Gasteiger partial charge on any atom is -0.384 e. The van der Waals surface area contributed by atoms with Gasteiger partial charge in [0.15, 0.2) is 0 Å². The van der Waals surface area contributed by atoms with Crippen molar-refractivity contribution in [2.45, 2.75) is 39.2 Å². The second-order valence-corrected chi connectivity index (χ2v) is 5.57. The zero-order valence-electron chi connectivity index (χ0n) is 12.6. The molecule has 0 radical (unpaired) electrons. The summed E-state index contributed by atoms with van der Waals surface area (Å²) in [6, 6.07) is 7.94. The summed E-state index contributed by atoms with van der Waals surface area (Å²) in [4.78, 5) is 15.8. The standard InChI is InChI=1S/C16H21N5/c1-3-21(10-13-6-4-5-11(2)18-13)15-9-14(17)19-16(20-15)12-7-8-12/h4-6,9,12H,3,7-8,10H2,1-2H3,(H2,17,19,20). The Morgan fingerprint density at radius 2 is 2.05 bits per heavy atom. The lowest BCUT2D eigenvalue weighted by Crippen LogP contribution is -2.24.